The summed E-state index contributed by atoms with van der Waals surface area (Å²) in [7, 11) is 2.20. The monoisotopic (exact) mass is 488 g/mol. The molecular weight excluding hydrogens is 456 g/mol. The van der Waals surface area contributed by atoms with Gasteiger partial charge in [0.1, 0.15) is 28.2 Å². The van der Waals surface area contributed by atoms with Crippen LogP contribution in [0.1, 0.15) is 60.1 Å². The van der Waals surface area contributed by atoms with E-state index in [9.17, 15) is 15.3 Å². The number of anilines is 1. The minimum atomic E-state index is -0.677. The maximum absolute atomic E-state index is 12.4. The molecule has 1 aromatic heterocycles. The van der Waals surface area contributed by atoms with E-state index in [2.05, 4.69) is 29.0 Å². The fourth-order valence-corrected chi connectivity index (χ4v) is 6.64. The Labute approximate surface area is 211 Å². The maximum atomic E-state index is 12.4. The summed E-state index contributed by atoms with van der Waals surface area (Å²) in [6, 6.07) is 13.9. The Morgan fingerprint density at radius 2 is 1.83 bits per heavy atom. The number of pyridine rings is 1. The van der Waals surface area contributed by atoms with Gasteiger partial charge >= 0.3 is 0 Å². The van der Waals surface area contributed by atoms with Crippen LogP contribution >= 0.6 is 11.8 Å². The number of nitriles is 2. The first-order chi connectivity index (χ1) is 16.9. The Morgan fingerprint density at radius 3 is 2.40 bits per heavy atom. The van der Waals surface area contributed by atoms with Gasteiger partial charge in [-0.3, -0.25) is 4.79 Å². The topological polar surface area (TPSA) is 110 Å². The van der Waals surface area contributed by atoms with Gasteiger partial charge in [-0.05, 0) is 62.2 Å². The quantitative estimate of drug-likeness (QED) is 0.612. The van der Waals surface area contributed by atoms with Crippen molar-refractivity contribution in [1.29, 1.82) is 10.5 Å². The van der Waals surface area contributed by atoms with Crippen molar-refractivity contribution in [2.24, 2.45) is 11.1 Å². The molecule has 1 aromatic carbocycles. The molecule has 0 radical (unpaired) electrons. The van der Waals surface area contributed by atoms with Crippen molar-refractivity contribution in [2.75, 3.05) is 38.1 Å². The van der Waals surface area contributed by atoms with Crippen molar-refractivity contribution in [1.82, 2.24) is 9.88 Å². The molecule has 0 aliphatic carbocycles. The van der Waals surface area contributed by atoms with E-state index in [0.717, 1.165) is 44.6 Å². The highest BCUT2D eigenvalue weighted by Gasteiger charge is 2.38. The van der Waals surface area contributed by atoms with Crippen LogP contribution in [0.25, 0.3) is 0 Å². The summed E-state index contributed by atoms with van der Waals surface area (Å²) >= 11 is 1.20. The van der Waals surface area contributed by atoms with Crippen LogP contribution in [0.3, 0.4) is 0 Å². The molecule has 2 N–H and O–H groups in total. The summed E-state index contributed by atoms with van der Waals surface area (Å²) in [5.41, 5.74) is 8.39. The lowest BCUT2D eigenvalue weighted by Crippen LogP contribution is -2.48. The first kappa shape index (κ1) is 25.0. The number of thioether (sulfide) groups is 1. The lowest BCUT2D eigenvalue weighted by molar-refractivity contribution is -0.117. The molecule has 0 bridgehead atoms. The number of aromatic nitrogens is 1. The summed E-state index contributed by atoms with van der Waals surface area (Å²) in [5.74, 6) is 0.137. The van der Waals surface area contributed by atoms with Gasteiger partial charge < -0.3 is 15.5 Å². The van der Waals surface area contributed by atoms with Gasteiger partial charge in [-0.15, -0.1) is 0 Å². The molecule has 1 unspecified atom stereocenters. The van der Waals surface area contributed by atoms with Crippen molar-refractivity contribution in [3.63, 3.8) is 0 Å². The number of benzene rings is 1. The number of hydrogen-bond donors (Lipinski definition) is 1. The number of amides is 1. The van der Waals surface area contributed by atoms with Gasteiger partial charge in [-0.25, -0.2) is 4.98 Å². The molecule has 4 rings (SSSR count). The predicted molar refractivity (Wildman–Crippen MR) is 138 cm³/mol. The molecule has 7 nitrogen and oxygen atoms in total. The van der Waals surface area contributed by atoms with Crippen molar-refractivity contribution in [3.8, 4) is 12.1 Å². The third-order valence-electron chi connectivity index (χ3n) is 7.39. The summed E-state index contributed by atoms with van der Waals surface area (Å²) < 4.78 is 0. The van der Waals surface area contributed by atoms with Crippen LogP contribution in [0.15, 0.2) is 35.4 Å². The molecule has 2 saturated heterocycles. The second-order valence-electron chi connectivity index (χ2n) is 9.69. The number of hydrogen-bond acceptors (Lipinski definition) is 7. The van der Waals surface area contributed by atoms with E-state index >= 15 is 0 Å². The van der Waals surface area contributed by atoms with E-state index in [1.165, 1.54) is 24.6 Å². The number of primary amides is 1. The number of carbonyl (C=O) groups is 1. The van der Waals surface area contributed by atoms with Gasteiger partial charge in [0.05, 0.1) is 11.1 Å². The van der Waals surface area contributed by atoms with E-state index in [-0.39, 0.29) is 0 Å². The van der Waals surface area contributed by atoms with E-state index in [1.54, 1.807) is 0 Å². The Bertz CT molecular complexity index is 1160. The van der Waals surface area contributed by atoms with E-state index in [0.29, 0.717) is 39.4 Å². The van der Waals surface area contributed by atoms with E-state index in [4.69, 9.17) is 10.7 Å². The van der Waals surface area contributed by atoms with Crippen molar-refractivity contribution in [2.45, 2.75) is 49.3 Å². The molecule has 8 heteroatoms. The van der Waals surface area contributed by atoms with Crippen LogP contribution < -0.4 is 10.6 Å². The number of likely N-dealkylation sites (tertiary alicyclic amines) is 1. The normalized spacial score (nSPS) is 18.6. The Kier molecular flexibility index (Phi) is 7.64. The predicted octanol–water partition coefficient (Wildman–Crippen LogP) is 4.02. The fourth-order valence-electron chi connectivity index (χ4n) is 5.58. The van der Waals surface area contributed by atoms with Crippen LogP contribution in [0.4, 0.5) is 5.82 Å². The van der Waals surface area contributed by atoms with Gasteiger partial charge in [0.25, 0.3) is 0 Å². The third-order valence-corrected chi connectivity index (χ3v) is 8.65. The number of nitrogens with two attached hydrogens (primary N) is 1. The molecule has 0 saturated carbocycles. The molecule has 182 valence electrons. The molecule has 2 fully saturated rings. The lowest BCUT2D eigenvalue weighted by Gasteiger charge is -2.47. The molecule has 35 heavy (non-hydrogen) atoms. The molecule has 2 aromatic rings. The molecular formula is C27H32N6OS. The maximum Gasteiger partial charge on any atom is 0.235 e. The van der Waals surface area contributed by atoms with Crippen LogP contribution in [0, 0.1) is 28.1 Å². The molecule has 3 heterocycles. The van der Waals surface area contributed by atoms with Crippen LogP contribution in [-0.2, 0) is 11.2 Å². The number of carbonyl (C=O) groups excluding carboxylic acids is 1. The SMILES string of the molecule is CCc1c(C#N)c(SC(C(N)=O)c2ccccc2)nc(N2CCC3(CCCN(C)C3)CC2)c1C#N. The lowest BCUT2D eigenvalue weighted by atomic mass is 9.72. The Hall–Kier alpha value is -3.07. The second-order valence-corrected chi connectivity index (χ2v) is 10.8. The van der Waals surface area contributed by atoms with Crippen LogP contribution in [0.5, 0.6) is 0 Å². The van der Waals surface area contributed by atoms with Gasteiger partial charge in [0.2, 0.25) is 5.91 Å². The van der Waals surface area contributed by atoms with Crippen molar-refractivity contribution in [3.05, 3.63) is 52.6 Å². The van der Waals surface area contributed by atoms with Gasteiger partial charge in [0, 0.05) is 19.6 Å². The highest BCUT2D eigenvalue weighted by atomic mass is 32.2. The molecule has 1 atom stereocenters. The zero-order chi connectivity index (χ0) is 25.0. The summed E-state index contributed by atoms with van der Waals surface area (Å²) in [6.07, 6.45) is 5.12. The van der Waals surface area contributed by atoms with Gasteiger partial charge in [0.15, 0.2) is 0 Å². The zero-order valence-corrected chi connectivity index (χ0v) is 21.3. The average molecular weight is 489 g/mol. The first-order valence-electron chi connectivity index (χ1n) is 12.2. The number of piperidine rings is 2. The molecule has 2 aliphatic rings. The highest BCUT2D eigenvalue weighted by Crippen LogP contribution is 2.43. The van der Waals surface area contributed by atoms with Gasteiger partial charge in [-0.2, -0.15) is 10.5 Å². The summed E-state index contributed by atoms with van der Waals surface area (Å²) in [6.45, 7) is 5.87. The largest absolute Gasteiger partial charge is 0.368 e. The number of nitrogens with zero attached hydrogens (tertiary/aromatic N) is 5. The smallest absolute Gasteiger partial charge is 0.235 e. The molecule has 1 spiro atoms. The van der Waals surface area contributed by atoms with Crippen LogP contribution in [-0.4, -0.2) is 49.0 Å². The summed E-state index contributed by atoms with van der Waals surface area (Å²) in [4.78, 5) is 21.9. The summed E-state index contributed by atoms with van der Waals surface area (Å²) in [5, 5.41) is 19.9. The zero-order valence-electron chi connectivity index (χ0n) is 20.5. The Morgan fingerprint density at radius 1 is 1.14 bits per heavy atom. The minimum absolute atomic E-state index is 0.332. The average Bonchev–Trinajstić information content (AvgIpc) is 2.87. The first-order valence-corrected chi connectivity index (χ1v) is 13.1. The van der Waals surface area contributed by atoms with E-state index in [1.807, 2.05) is 37.3 Å². The van der Waals surface area contributed by atoms with Crippen molar-refractivity contribution < 1.29 is 4.79 Å². The van der Waals surface area contributed by atoms with Crippen LogP contribution in [0.2, 0.25) is 0 Å². The fraction of sp³-hybridized carbons (Fsp3) is 0.481. The standard InChI is InChI=1S/C27H32N6OS/c1-3-20-21(16-28)25(33-14-11-27(12-15-33)10-7-13-32(2)18-27)31-26(22(20)17-29)35-23(24(30)34)19-8-5-4-6-9-19/h4-6,8-9,23H,3,7,10-15,18H2,1-2H3,(H2,30,34). The highest BCUT2D eigenvalue weighted by molar-refractivity contribution is 8.00. The second kappa shape index (κ2) is 10.7. The Balaban J connectivity index is 1.70. The molecule has 1 amide bonds. The third kappa shape index (κ3) is 5.15. The van der Waals surface area contributed by atoms with Crippen molar-refractivity contribution >= 4 is 23.5 Å². The molecule has 2 aliphatic heterocycles. The minimum Gasteiger partial charge on any atom is -0.368 e. The number of rotatable bonds is 6. The van der Waals surface area contributed by atoms with Gasteiger partial charge in [-0.1, -0.05) is 49.0 Å². The van der Waals surface area contributed by atoms with E-state index < -0.39 is 11.2 Å².